The molecule has 0 aromatic heterocycles. The van der Waals surface area contributed by atoms with Crippen LogP contribution in [0.1, 0.15) is 52.4 Å². The van der Waals surface area contributed by atoms with Gasteiger partial charge in [-0.25, -0.2) is 4.99 Å². The van der Waals surface area contributed by atoms with Crippen LogP contribution in [0.2, 0.25) is 0 Å². The SMILES string of the molecule is CCCCCCC(C)NC(=NCC(=O)N(C)C)NCC1CCOC1.I. The van der Waals surface area contributed by atoms with Gasteiger partial charge in [0.2, 0.25) is 5.91 Å². The number of carbonyl (C=O) groups excluding carboxylic acids is 1. The highest BCUT2D eigenvalue weighted by molar-refractivity contribution is 14.0. The first-order valence-corrected chi connectivity index (χ1v) is 9.35. The first kappa shape index (κ1) is 24.4. The smallest absolute Gasteiger partial charge is 0.243 e. The number of likely N-dealkylation sites (N-methyl/N-ethyl adjacent to an activating group) is 1. The van der Waals surface area contributed by atoms with Crippen LogP contribution in [-0.4, -0.2) is 63.2 Å². The van der Waals surface area contributed by atoms with Gasteiger partial charge in [0.1, 0.15) is 6.54 Å². The molecule has 1 fully saturated rings. The van der Waals surface area contributed by atoms with Gasteiger partial charge in [0.05, 0.1) is 6.61 Å². The molecule has 0 bridgehead atoms. The normalized spacial score (nSPS) is 18.4. The number of halogens is 1. The fourth-order valence-electron chi connectivity index (χ4n) is 2.61. The molecule has 2 atom stereocenters. The van der Waals surface area contributed by atoms with Gasteiger partial charge in [0.25, 0.3) is 0 Å². The number of rotatable bonds is 10. The Bertz CT molecular complexity index is 385. The van der Waals surface area contributed by atoms with E-state index in [0.29, 0.717) is 12.0 Å². The van der Waals surface area contributed by atoms with Crippen molar-refractivity contribution in [1.29, 1.82) is 0 Å². The second-order valence-electron chi connectivity index (χ2n) is 6.96. The number of nitrogens with zero attached hydrogens (tertiary/aromatic N) is 2. The van der Waals surface area contributed by atoms with E-state index in [1.807, 2.05) is 0 Å². The van der Waals surface area contributed by atoms with Gasteiger partial charge in [0.15, 0.2) is 5.96 Å². The maximum Gasteiger partial charge on any atom is 0.243 e. The summed E-state index contributed by atoms with van der Waals surface area (Å²) >= 11 is 0. The molecule has 2 N–H and O–H groups in total. The molecule has 0 saturated carbocycles. The fraction of sp³-hybridized carbons (Fsp3) is 0.889. The Morgan fingerprint density at radius 1 is 1.32 bits per heavy atom. The average Bonchev–Trinajstić information content (AvgIpc) is 3.07. The van der Waals surface area contributed by atoms with Crippen molar-refractivity contribution in [2.24, 2.45) is 10.9 Å². The van der Waals surface area contributed by atoms with Gasteiger partial charge in [0, 0.05) is 39.2 Å². The van der Waals surface area contributed by atoms with Gasteiger partial charge in [-0.05, 0) is 19.8 Å². The Hall–Kier alpha value is -0.570. The van der Waals surface area contributed by atoms with Crippen molar-refractivity contribution in [3.8, 4) is 0 Å². The number of ether oxygens (including phenoxy) is 1. The fourth-order valence-corrected chi connectivity index (χ4v) is 2.61. The zero-order valence-electron chi connectivity index (χ0n) is 16.3. The van der Waals surface area contributed by atoms with Gasteiger partial charge < -0.3 is 20.3 Å². The molecule has 0 aromatic carbocycles. The van der Waals surface area contributed by atoms with E-state index in [2.05, 4.69) is 29.5 Å². The van der Waals surface area contributed by atoms with Gasteiger partial charge in [-0.1, -0.05) is 32.6 Å². The average molecular weight is 468 g/mol. The second kappa shape index (κ2) is 14.6. The van der Waals surface area contributed by atoms with E-state index in [4.69, 9.17) is 4.74 Å². The van der Waals surface area contributed by atoms with Crippen molar-refractivity contribution >= 4 is 35.8 Å². The topological polar surface area (TPSA) is 66.0 Å². The van der Waals surface area contributed by atoms with Gasteiger partial charge in [-0.15, -0.1) is 24.0 Å². The Kier molecular flexibility index (Phi) is 14.3. The van der Waals surface area contributed by atoms with Crippen molar-refractivity contribution < 1.29 is 9.53 Å². The van der Waals surface area contributed by atoms with Crippen LogP contribution in [0.15, 0.2) is 4.99 Å². The van der Waals surface area contributed by atoms with Gasteiger partial charge in [-0.3, -0.25) is 4.79 Å². The minimum Gasteiger partial charge on any atom is -0.381 e. The van der Waals surface area contributed by atoms with E-state index in [-0.39, 0.29) is 36.4 Å². The van der Waals surface area contributed by atoms with Crippen molar-refractivity contribution in [2.45, 2.75) is 58.4 Å². The first-order valence-electron chi connectivity index (χ1n) is 9.35. The molecule has 0 radical (unpaired) electrons. The lowest BCUT2D eigenvalue weighted by Crippen LogP contribution is -2.44. The van der Waals surface area contributed by atoms with Crippen molar-refractivity contribution in [3.63, 3.8) is 0 Å². The molecule has 25 heavy (non-hydrogen) atoms. The highest BCUT2D eigenvalue weighted by Gasteiger charge is 2.16. The largest absolute Gasteiger partial charge is 0.381 e. The van der Waals surface area contributed by atoms with E-state index < -0.39 is 0 Å². The number of hydrogen-bond donors (Lipinski definition) is 2. The number of hydrogen-bond acceptors (Lipinski definition) is 3. The van der Waals surface area contributed by atoms with E-state index in [1.54, 1.807) is 19.0 Å². The minimum atomic E-state index is 0. The zero-order chi connectivity index (χ0) is 17.8. The van der Waals surface area contributed by atoms with E-state index >= 15 is 0 Å². The van der Waals surface area contributed by atoms with Crippen LogP contribution < -0.4 is 10.6 Å². The monoisotopic (exact) mass is 468 g/mol. The lowest BCUT2D eigenvalue weighted by atomic mass is 10.1. The van der Waals surface area contributed by atoms with Gasteiger partial charge in [-0.2, -0.15) is 0 Å². The molecule has 0 aromatic rings. The zero-order valence-corrected chi connectivity index (χ0v) is 18.7. The van der Waals surface area contributed by atoms with E-state index in [1.165, 1.54) is 25.7 Å². The third-order valence-corrected chi connectivity index (χ3v) is 4.33. The molecule has 2 unspecified atom stereocenters. The highest BCUT2D eigenvalue weighted by Crippen LogP contribution is 2.10. The number of amides is 1. The molecular weight excluding hydrogens is 431 g/mol. The Morgan fingerprint density at radius 3 is 2.68 bits per heavy atom. The summed E-state index contributed by atoms with van der Waals surface area (Å²) in [5.41, 5.74) is 0. The summed E-state index contributed by atoms with van der Waals surface area (Å²) in [7, 11) is 3.51. The van der Waals surface area contributed by atoms with Crippen LogP contribution in [0.5, 0.6) is 0 Å². The number of carbonyl (C=O) groups is 1. The van der Waals surface area contributed by atoms with Crippen LogP contribution >= 0.6 is 24.0 Å². The summed E-state index contributed by atoms with van der Waals surface area (Å²) in [6.07, 6.45) is 7.26. The van der Waals surface area contributed by atoms with Crippen LogP contribution in [0.4, 0.5) is 0 Å². The lowest BCUT2D eigenvalue weighted by Gasteiger charge is -2.20. The summed E-state index contributed by atoms with van der Waals surface area (Å²) < 4.78 is 5.42. The molecule has 0 spiro atoms. The maximum atomic E-state index is 11.8. The molecule has 1 heterocycles. The Morgan fingerprint density at radius 2 is 2.08 bits per heavy atom. The quantitative estimate of drug-likeness (QED) is 0.224. The summed E-state index contributed by atoms with van der Waals surface area (Å²) in [5.74, 6) is 1.28. The Labute approximate surface area is 170 Å². The standard InChI is InChI=1S/C18H36N4O2.HI/c1-5-6-7-8-9-15(2)21-18(20-13-17(23)22(3)4)19-12-16-10-11-24-14-16;/h15-16H,5-14H2,1-4H3,(H2,19,20,21);1H. The lowest BCUT2D eigenvalue weighted by molar-refractivity contribution is -0.127. The molecular formula is C18H37IN4O2. The highest BCUT2D eigenvalue weighted by atomic mass is 127. The molecule has 7 heteroatoms. The molecule has 1 saturated heterocycles. The molecule has 148 valence electrons. The van der Waals surface area contributed by atoms with Gasteiger partial charge >= 0.3 is 0 Å². The number of aliphatic imine (C=N–C) groups is 1. The summed E-state index contributed by atoms with van der Waals surface area (Å²) in [6, 6.07) is 0.349. The molecule has 1 aliphatic heterocycles. The number of guanidine groups is 1. The summed E-state index contributed by atoms with van der Waals surface area (Å²) in [4.78, 5) is 17.8. The van der Waals surface area contributed by atoms with Crippen LogP contribution in [-0.2, 0) is 9.53 Å². The van der Waals surface area contributed by atoms with Crippen molar-refractivity contribution in [1.82, 2.24) is 15.5 Å². The second-order valence-corrected chi connectivity index (χ2v) is 6.96. The predicted molar refractivity (Wildman–Crippen MR) is 115 cm³/mol. The third kappa shape index (κ3) is 11.6. The van der Waals surface area contributed by atoms with Crippen molar-refractivity contribution in [2.75, 3.05) is 40.4 Å². The molecule has 6 nitrogen and oxygen atoms in total. The van der Waals surface area contributed by atoms with E-state index in [9.17, 15) is 4.79 Å². The molecule has 1 rings (SSSR count). The van der Waals surface area contributed by atoms with Crippen molar-refractivity contribution in [3.05, 3.63) is 0 Å². The van der Waals surface area contributed by atoms with Crippen LogP contribution in [0.25, 0.3) is 0 Å². The maximum absolute atomic E-state index is 11.8. The molecule has 1 aliphatic rings. The number of unbranched alkanes of at least 4 members (excludes halogenated alkanes) is 3. The first-order chi connectivity index (χ1) is 11.5. The summed E-state index contributed by atoms with van der Waals surface area (Å²) in [5, 5.41) is 6.82. The Balaban J connectivity index is 0.00000576. The van der Waals surface area contributed by atoms with Crippen LogP contribution in [0, 0.1) is 5.92 Å². The third-order valence-electron chi connectivity index (χ3n) is 4.33. The minimum absolute atomic E-state index is 0. The predicted octanol–water partition coefficient (Wildman–Crippen LogP) is 2.62. The van der Waals surface area contributed by atoms with E-state index in [0.717, 1.165) is 38.6 Å². The number of nitrogens with one attached hydrogen (secondary N) is 2. The van der Waals surface area contributed by atoms with Crippen LogP contribution in [0.3, 0.4) is 0 Å². The molecule has 0 aliphatic carbocycles. The summed E-state index contributed by atoms with van der Waals surface area (Å²) in [6.45, 7) is 7.07. The molecule has 1 amide bonds.